The average molecular weight is 474 g/mol. The maximum Gasteiger partial charge on any atom is 0.250 e. The Morgan fingerprint density at radius 1 is 1.10 bits per heavy atom. The number of hydrogen-bond donors (Lipinski definition) is 2. The van der Waals surface area contributed by atoms with E-state index in [2.05, 4.69) is 15.6 Å². The first-order chi connectivity index (χ1) is 14.5. The Balaban J connectivity index is 1.35. The summed E-state index contributed by atoms with van der Waals surface area (Å²) in [6.45, 7) is 0. The van der Waals surface area contributed by atoms with Gasteiger partial charge >= 0.3 is 0 Å². The minimum Gasteiger partial charge on any atom is -0.457 e. The number of nitrogens with one attached hydrogen (secondary N) is 2. The summed E-state index contributed by atoms with van der Waals surface area (Å²) in [6.07, 6.45) is 2.91. The van der Waals surface area contributed by atoms with Gasteiger partial charge in [0.05, 0.1) is 9.72 Å². The van der Waals surface area contributed by atoms with Crippen molar-refractivity contribution in [2.75, 3.05) is 5.32 Å². The molecule has 2 N–H and O–H groups in total. The molecule has 0 saturated carbocycles. The molecule has 9 heteroatoms. The molecule has 0 aliphatic carbocycles. The highest BCUT2D eigenvalue weighted by Gasteiger charge is 2.09. The van der Waals surface area contributed by atoms with Gasteiger partial charge in [-0.05, 0) is 66.8 Å². The molecule has 2 aromatic heterocycles. The van der Waals surface area contributed by atoms with Crippen LogP contribution in [0.1, 0.15) is 5.76 Å². The number of thiazole rings is 1. The van der Waals surface area contributed by atoms with E-state index in [4.69, 9.17) is 39.8 Å². The van der Waals surface area contributed by atoms with Gasteiger partial charge in [-0.1, -0.05) is 40.6 Å². The van der Waals surface area contributed by atoms with Gasteiger partial charge in [0, 0.05) is 16.7 Å². The number of carbonyl (C=O) groups is 1. The van der Waals surface area contributed by atoms with Crippen LogP contribution in [0.5, 0.6) is 0 Å². The molecule has 4 rings (SSSR count). The second-order valence-electron chi connectivity index (χ2n) is 6.09. The van der Waals surface area contributed by atoms with Gasteiger partial charge in [-0.3, -0.25) is 10.1 Å². The number of anilines is 1. The van der Waals surface area contributed by atoms with Crippen LogP contribution in [0.4, 0.5) is 5.13 Å². The number of fused-ring (bicyclic) bond motifs is 1. The third kappa shape index (κ3) is 4.88. The number of amides is 1. The van der Waals surface area contributed by atoms with E-state index in [0.717, 1.165) is 10.3 Å². The molecular weight excluding hydrogens is 461 g/mol. The highest BCUT2D eigenvalue weighted by atomic mass is 35.5. The van der Waals surface area contributed by atoms with Crippen molar-refractivity contribution < 1.29 is 9.21 Å². The fourth-order valence-electron chi connectivity index (χ4n) is 2.62. The molecule has 2 heterocycles. The number of furan rings is 1. The van der Waals surface area contributed by atoms with Crippen LogP contribution in [-0.4, -0.2) is 16.0 Å². The first-order valence-electron chi connectivity index (χ1n) is 8.69. The molecule has 0 aliphatic rings. The average Bonchev–Trinajstić information content (AvgIpc) is 3.34. The van der Waals surface area contributed by atoms with Crippen LogP contribution in [-0.2, 0) is 4.79 Å². The van der Waals surface area contributed by atoms with Crippen molar-refractivity contribution in [2.24, 2.45) is 0 Å². The van der Waals surface area contributed by atoms with E-state index in [0.29, 0.717) is 32.2 Å². The largest absolute Gasteiger partial charge is 0.457 e. The van der Waals surface area contributed by atoms with Crippen molar-refractivity contribution in [2.45, 2.75) is 0 Å². The molecule has 4 aromatic rings. The molecule has 5 nitrogen and oxygen atoms in total. The number of carbonyl (C=O) groups excluding carboxylic acids is 1. The van der Waals surface area contributed by atoms with Crippen LogP contribution in [0.3, 0.4) is 0 Å². The van der Waals surface area contributed by atoms with Crippen LogP contribution in [0, 0.1) is 0 Å². The number of nitrogens with zero attached hydrogens (tertiary/aromatic N) is 1. The van der Waals surface area contributed by atoms with Crippen molar-refractivity contribution in [1.29, 1.82) is 0 Å². The smallest absolute Gasteiger partial charge is 0.250 e. The molecule has 0 fully saturated rings. The summed E-state index contributed by atoms with van der Waals surface area (Å²) in [4.78, 5) is 16.5. The highest BCUT2D eigenvalue weighted by molar-refractivity contribution is 7.80. The lowest BCUT2D eigenvalue weighted by molar-refractivity contribution is -0.115. The number of aromatic nitrogens is 1. The summed E-state index contributed by atoms with van der Waals surface area (Å²) >= 11 is 18.6. The first kappa shape index (κ1) is 20.6. The number of rotatable bonds is 4. The summed E-state index contributed by atoms with van der Waals surface area (Å²) in [5.74, 6) is 0.823. The van der Waals surface area contributed by atoms with Gasteiger partial charge in [-0.2, -0.15) is 0 Å². The number of halogens is 2. The predicted molar refractivity (Wildman–Crippen MR) is 127 cm³/mol. The normalized spacial score (nSPS) is 11.1. The first-order valence-corrected chi connectivity index (χ1v) is 10.7. The summed E-state index contributed by atoms with van der Waals surface area (Å²) in [6, 6.07) is 16.4. The van der Waals surface area contributed by atoms with Crippen LogP contribution in [0.25, 0.3) is 27.6 Å². The number of hydrogen-bond acceptors (Lipinski definition) is 5. The second kappa shape index (κ2) is 8.97. The zero-order valence-corrected chi connectivity index (χ0v) is 18.3. The van der Waals surface area contributed by atoms with Crippen molar-refractivity contribution in [3.05, 3.63) is 76.5 Å². The monoisotopic (exact) mass is 473 g/mol. The van der Waals surface area contributed by atoms with Crippen LogP contribution < -0.4 is 10.6 Å². The minimum absolute atomic E-state index is 0.140. The van der Waals surface area contributed by atoms with E-state index in [1.807, 2.05) is 30.3 Å². The van der Waals surface area contributed by atoms with Crippen molar-refractivity contribution in [1.82, 2.24) is 10.3 Å². The lowest BCUT2D eigenvalue weighted by Gasteiger charge is -2.04. The fourth-order valence-corrected chi connectivity index (χ4v) is 4.18. The molecule has 0 bridgehead atoms. The Bertz CT molecular complexity index is 1260. The third-order valence-corrected chi connectivity index (χ3v) is 5.68. The zero-order chi connectivity index (χ0) is 21.1. The van der Waals surface area contributed by atoms with Gasteiger partial charge in [0.1, 0.15) is 17.0 Å². The Morgan fingerprint density at radius 2 is 1.90 bits per heavy atom. The third-order valence-electron chi connectivity index (χ3n) is 3.98. The maximum atomic E-state index is 12.1. The predicted octanol–water partition coefficient (Wildman–Crippen LogP) is 6.39. The van der Waals surface area contributed by atoms with Gasteiger partial charge in [0.15, 0.2) is 10.2 Å². The van der Waals surface area contributed by atoms with E-state index >= 15 is 0 Å². The molecule has 30 heavy (non-hydrogen) atoms. The molecular formula is C21H13Cl2N3O2S2. The molecule has 0 unspecified atom stereocenters. The van der Waals surface area contributed by atoms with E-state index < -0.39 is 5.91 Å². The molecule has 2 aromatic carbocycles. The summed E-state index contributed by atoms with van der Waals surface area (Å²) in [5.41, 5.74) is 1.58. The summed E-state index contributed by atoms with van der Waals surface area (Å²) < 4.78 is 6.65. The number of benzene rings is 2. The Hall–Kier alpha value is -2.71. The van der Waals surface area contributed by atoms with E-state index in [1.165, 1.54) is 17.4 Å². The molecule has 0 aliphatic heterocycles. The van der Waals surface area contributed by atoms with Crippen molar-refractivity contribution >= 4 is 79.2 Å². The number of thiocarbonyl (C=S) groups is 1. The van der Waals surface area contributed by atoms with Crippen LogP contribution in [0.2, 0.25) is 10.0 Å². The molecule has 0 spiro atoms. The van der Waals surface area contributed by atoms with Crippen molar-refractivity contribution in [3.8, 4) is 11.3 Å². The number of para-hydroxylation sites is 1. The van der Waals surface area contributed by atoms with Crippen LogP contribution in [0.15, 0.2) is 65.1 Å². The Labute approximate surface area is 191 Å². The quantitative estimate of drug-likeness (QED) is 0.265. The maximum absolute atomic E-state index is 12.1. The molecule has 1 amide bonds. The van der Waals surface area contributed by atoms with E-state index in [1.54, 1.807) is 30.3 Å². The lowest BCUT2D eigenvalue weighted by atomic mass is 10.2. The fraction of sp³-hybridized carbons (Fsp3) is 0. The van der Waals surface area contributed by atoms with Gasteiger partial charge in [-0.25, -0.2) is 4.98 Å². The molecule has 0 atom stereocenters. The molecule has 0 radical (unpaired) electrons. The topological polar surface area (TPSA) is 67.2 Å². The minimum atomic E-state index is -0.393. The van der Waals surface area contributed by atoms with E-state index in [-0.39, 0.29) is 5.11 Å². The van der Waals surface area contributed by atoms with Gasteiger partial charge in [-0.15, -0.1) is 0 Å². The van der Waals surface area contributed by atoms with Gasteiger partial charge in [0.25, 0.3) is 0 Å². The summed E-state index contributed by atoms with van der Waals surface area (Å²) in [5, 5.41) is 7.37. The van der Waals surface area contributed by atoms with Crippen LogP contribution >= 0.6 is 46.8 Å². The highest BCUT2D eigenvalue weighted by Crippen LogP contribution is 2.30. The van der Waals surface area contributed by atoms with E-state index in [9.17, 15) is 4.79 Å². The zero-order valence-electron chi connectivity index (χ0n) is 15.2. The Kier molecular flexibility index (Phi) is 6.15. The van der Waals surface area contributed by atoms with Gasteiger partial charge < -0.3 is 9.73 Å². The summed E-state index contributed by atoms with van der Waals surface area (Å²) in [7, 11) is 0. The van der Waals surface area contributed by atoms with Crippen molar-refractivity contribution in [3.63, 3.8) is 0 Å². The second-order valence-corrected chi connectivity index (χ2v) is 8.37. The molecule has 150 valence electrons. The Morgan fingerprint density at radius 3 is 2.67 bits per heavy atom. The molecule has 0 saturated heterocycles. The lowest BCUT2D eigenvalue weighted by Crippen LogP contribution is -2.32. The van der Waals surface area contributed by atoms with Gasteiger partial charge in [0.2, 0.25) is 5.91 Å². The SMILES string of the molecule is O=C(C=Cc1ccc(-c2ccc(Cl)cc2)o1)NC(=S)Nc1nc2c(Cl)cccc2s1. The standard InChI is InChI=1S/C21H13Cl2N3O2S2/c22-13-6-4-12(5-7-13)16-10-8-14(28-16)9-11-18(27)24-20(29)26-21-25-19-15(23)2-1-3-17(19)30-21/h1-11H,(H2,24,25,26,27,29).